The Bertz CT molecular complexity index is 307. The van der Waals surface area contributed by atoms with Gasteiger partial charge in [-0.15, -0.1) is 0 Å². The predicted molar refractivity (Wildman–Crippen MR) is 53.3 cm³/mol. The van der Waals surface area contributed by atoms with Crippen LogP contribution in [0.2, 0.25) is 0 Å². The van der Waals surface area contributed by atoms with Crippen LogP contribution in [0, 0.1) is 0 Å². The third-order valence-electron chi connectivity index (χ3n) is 2.91. The normalized spacial score (nSPS) is 22.3. The van der Waals surface area contributed by atoms with E-state index in [1.807, 2.05) is 12.4 Å². The first kappa shape index (κ1) is 8.70. The average molecular weight is 176 g/mol. The summed E-state index contributed by atoms with van der Waals surface area (Å²) in [7, 11) is 0. The molecule has 1 aliphatic heterocycles. The molecule has 2 rings (SSSR count). The Labute approximate surface area is 79.6 Å². The van der Waals surface area contributed by atoms with Crippen LogP contribution < -0.4 is 0 Å². The van der Waals surface area contributed by atoms with E-state index in [4.69, 9.17) is 0 Å². The van der Waals surface area contributed by atoms with E-state index in [2.05, 4.69) is 36.7 Å². The molecule has 70 valence electrons. The second-order valence-electron chi connectivity index (χ2n) is 4.02. The first-order chi connectivity index (χ1) is 6.20. The van der Waals surface area contributed by atoms with Gasteiger partial charge in [-0.25, -0.2) is 0 Å². The molecule has 2 heterocycles. The van der Waals surface area contributed by atoms with Gasteiger partial charge >= 0.3 is 0 Å². The molecule has 0 N–H and O–H groups in total. The molecule has 0 amide bonds. The van der Waals surface area contributed by atoms with Gasteiger partial charge in [0.1, 0.15) is 0 Å². The molecular formula is C11H16N2. The van der Waals surface area contributed by atoms with Crippen molar-refractivity contribution in [2.75, 3.05) is 0 Å². The first-order valence-electron chi connectivity index (χ1n) is 4.88. The van der Waals surface area contributed by atoms with Crippen LogP contribution in [0.4, 0.5) is 0 Å². The van der Waals surface area contributed by atoms with E-state index in [-0.39, 0.29) is 0 Å². The molecule has 1 aromatic rings. The number of hydrogen-bond donors (Lipinski definition) is 0. The minimum atomic E-state index is 0.554. The summed E-state index contributed by atoms with van der Waals surface area (Å²) in [6.45, 7) is 7.82. The van der Waals surface area contributed by atoms with Gasteiger partial charge in [0.25, 0.3) is 0 Å². The molecule has 0 spiro atoms. The standard InChI is InChI=1S/C11H16N2/c1-8(2)13-7-10-6-12-5-4-11(10)9(13)3/h4-6,8-9H,7H2,1-3H3. The minimum absolute atomic E-state index is 0.554. The summed E-state index contributed by atoms with van der Waals surface area (Å²) in [4.78, 5) is 6.65. The molecule has 0 radical (unpaired) electrons. The maximum Gasteiger partial charge on any atom is 0.0330 e. The van der Waals surface area contributed by atoms with E-state index >= 15 is 0 Å². The highest BCUT2D eigenvalue weighted by molar-refractivity contribution is 5.30. The molecule has 0 fully saturated rings. The lowest BCUT2D eigenvalue weighted by Gasteiger charge is -2.25. The molecule has 0 bridgehead atoms. The third-order valence-corrected chi connectivity index (χ3v) is 2.91. The molecule has 1 unspecified atom stereocenters. The van der Waals surface area contributed by atoms with Gasteiger partial charge in [0, 0.05) is 31.0 Å². The second-order valence-corrected chi connectivity index (χ2v) is 4.02. The summed E-state index contributed by atoms with van der Waals surface area (Å²) in [6, 6.07) is 3.31. The number of fused-ring (bicyclic) bond motifs is 1. The monoisotopic (exact) mass is 176 g/mol. The van der Waals surface area contributed by atoms with Gasteiger partial charge in [-0.2, -0.15) is 0 Å². The SMILES string of the molecule is CC(C)N1Cc2cnccc2C1C. The van der Waals surface area contributed by atoms with E-state index in [1.54, 1.807) is 0 Å². The Morgan fingerprint density at radius 2 is 2.31 bits per heavy atom. The number of rotatable bonds is 1. The number of nitrogens with zero attached hydrogens (tertiary/aromatic N) is 2. The van der Waals surface area contributed by atoms with Gasteiger partial charge in [-0.05, 0) is 38.0 Å². The number of hydrogen-bond acceptors (Lipinski definition) is 2. The van der Waals surface area contributed by atoms with Crippen LogP contribution >= 0.6 is 0 Å². The molecule has 0 aliphatic carbocycles. The maximum atomic E-state index is 4.16. The van der Waals surface area contributed by atoms with Crippen molar-refractivity contribution < 1.29 is 0 Å². The smallest absolute Gasteiger partial charge is 0.0330 e. The molecule has 2 heteroatoms. The fourth-order valence-electron chi connectivity index (χ4n) is 2.12. The Balaban J connectivity index is 2.32. The average Bonchev–Trinajstić information content (AvgIpc) is 2.45. The highest BCUT2D eigenvalue weighted by Gasteiger charge is 2.27. The van der Waals surface area contributed by atoms with Gasteiger partial charge in [0.15, 0.2) is 0 Å². The Hall–Kier alpha value is -0.890. The summed E-state index contributed by atoms with van der Waals surface area (Å²) < 4.78 is 0. The van der Waals surface area contributed by atoms with Crippen LogP contribution in [0.1, 0.15) is 37.9 Å². The van der Waals surface area contributed by atoms with Crippen molar-refractivity contribution in [3.05, 3.63) is 29.6 Å². The van der Waals surface area contributed by atoms with Crippen LogP contribution in [0.5, 0.6) is 0 Å². The maximum absolute atomic E-state index is 4.16. The van der Waals surface area contributed by atoms with Gasteiger partial charge in [-0.1, -0.05) is 0 Å². The lowest BCUT2D eigenvalue weighted by molar-refractivity contribution is 0.180. The van der Waals surface area contributed by atoms with Crippen molar-refractivity contribution >= 4 is 0 Å². The fraction of sp³-hybridized carbons (Fsp3) is 0.545. The van der Waals surface area contributed by atoms with Crippen LogP contribution in [-0.2, 0) is 6.54 Å². The zero-order chi connectivity index (χ0) is 9.42. The number of aromatic nitrogens is 1. The summed E-state index contributed by atoms with van der Waals surface area (Å²) in [5.74, 6) is 0. The van der Waals surface area contributed by atoms with E-state index in [1.165, 1.54) is 11.1 Å². The summed E-state index contributed by atoms with van der Waals surface area (Å²) in [5, 5.41) is 0. The first-order valence-corrected chi connectivity index (χ1v) is 4.88. The fourth-order valence-corrected chi connectivity index (χ4v) is 2.12. The lowest BCUT2D eigenvalue weighted by Crippen LogP contribution is -2.27. The zero-order valence-corrected chi connectivity index (χ0v) is 8.49. The van der Waals surface area contributed by atoms with Crippen LogP contribution in [0.3, 0.4) is 0 Å². The van der Waals surface area contributed by atoms with Crippen LogP contribution in [-0.4, -0.2) is 15.9 Å². The van der Waals surface area contributed by atoms with E-state index < -0.39 is 0 Å². The molecule has 0 saturated heterocycles. The highest BCUT2D eigenvalue weighted by atomic mass is 15.2. The molecule has 13 heavy (non-hydrogen) atoms. The molecule has 2 nitrogen and oxygen atoms in total. The number of pyridine rings is 1. The van der Waals surface area contributed by atoms with Gasteiger partial charge in [0.2, 0.25) is 0 Å². The summed E-state index contributed by atoms with van der Waals surface area (Å²) >= 11 is 0. The molecule has 1 atom stereocenters. The zero-order valence-electron chi connectivity index (χ0n) is 8.49. The van der Waals surface area contributed by atoms with Gasteiger partial charge in [-0.3, -0.25) is 9.88 Å². The second kappa shape index (κ2) is 3.11. The molecule has 1 aliphatic rings. The third kappa shape index (κ3) is 1.35. The molecular weight excluding hydrogens is 160 g/mol. The van der Waals surface area contributed by atoms with Crippen molar-refractivity contribution in [2.24, 2.45) is 0 Å². The largest absolute Gasteiger partial charge is 0.290 e. The minimum Gasteiger partial charge on any atom is -0.290 e. The summed E-state index contributed by atoms with van der Waals surface area (Å²) in [6.07, 6.45) is 3.88. The highest BCUT2D eigenvalue weighted by Crippen LogP contribution is 2.33. The summed E-state index contributed by atoms with van der Waals surface area (Å²) in [5.41, 5.74) is 2.84. The van der Waals surface area contributed by atoms with Crippen molar-refractivity contribution in [3.8, 4) is 0 Å². The predicted octanol–water partition coefficient (Wildman–Crippen LogP) is 2.37. The van der Waals surface area contributed by atoms with Gasteiger partial charge in [0.05, 0.1) is 0 Å². The molecule has 0 saturated carbocycles. The lowest BCUT2D eigenvalue weighted by atomic mass is 10.1. The Morgan fingerprint density at radius 3 is 2.92 bits per heavy atom. The van der Waals surface area contributed by atoms with Crippen molar-refractivity contribution in [1.29, 1.82) is 0 Å². The molecule has 0 aromatic carbocycles. The van der Waals surface area contributed by atoms with Crippen LogP contribution in [0.15, 0.2) is 18.5 Å². The Morgan fingerprint density at radius 1 is 1.54 bits per heavy atom. The topological polar surface area (TPSA) is 16.1 Å². The van der Waals surface area contributed by atoms with Gasteiger partial charge < -0.3 is 0 Å². The van der Waals surface area contributed by atoms with E-state index in [9.17, 15) is 0 Å². The van der Waals surface area contributed by atoms with Crippen molar-refractivity contribution in [3.63, 3.8) is 0 Å². The van der Waals surface area contributed by atoms with Crippen LogP contribution in [0.25, 0.3) is 0 Å². The van der Waals surface area contributed by atoms with Crippen molar-refractivity contribution in [2.45, 2.75) is 39.4 Å². The van der Waals surface area contributed by atoms with E-state index in [0.717, 1.165) is 6.54 Å². The quantitative estimate of drug-likeness (QED) is 0.653. The van der Waals surface area contributed by atoms with Crippen molar-refractivity contribution in [1.82, 2.24) is 9.88 Å². The molecule has 1 aromatic heterocycles. The van der Waals surface area contributed by atoms with E-state index in [0.29, 0.717) is 12.1 Å². The Kier molecular flexibility index (Phi) is 2.08.